The van der Waals surface area contributed by atoms with Crippen LogP contribution in [0.15, 0.2) is 109 Å². The maximum Gasteiger partial charge on any atom is 0.295 e. The number of aliphatic hydroxyl groups excluding tert-OH is 1. The van der Waals surface area contributed by atoms with Crippen molar-refractivity contribution in [3.05, 3.63) is 131 Å². The van der Waals surface area contributed by atoms with Crippen LogP contribution in [0.5, 0.6) is 11.5 Å². The fourth-order valence-corrected chi connectivity index (χ4v) is 4.67. The van der Waals surface area contributed by atoms with Crippen molar-refractivity contribution >= 4 is 17.4 Å². The van der Waals surface area contributed by atoms with Gasteiger partial charge in [-0.25, -0.2) is 0 Å². The number of pyridine rings is 1. The van der Waals surface area contributed by atoms with Crippen molar-refractivity contribution < 1.29 is 24.2 Å². The first-order chi connectivity index (χ1) is 19.5. The highest BCUT2D eigenvalue weighted by molar-refractivity contribution is 6.46. The number of hydrogen-bond donors (Lipinski definition) is 1. The summed E-state index contributed by atoms with van der Waals surface area (Å²) < 4.78 is 11.7. The second-order valence-corrected chi connectivity index (χ2v) is 9.51. The molecule has 0 spiro atoms. The Bertz CT molecular complexity index is 1500. The Morgan fingerprint density at radius 1 is 0.875 bits per heavy atom. The van der Waals surface area contributed by atoms with Gasteiger partial charge in [0.05, 0.1) is 18.2 Å². The van der Waals surface area contributed by atoms with Crippen LogP contribution in [-0.2, 0) is 22.7 Å². The first kappa shape index (κ1) is 26.7. The number of likely N-dealkylation sites (tertiary alicyclic amines) is 1. The van der Waals surface area contributed by atoms with Crippen LogP contribution in [0.4, 0.5) is 0 Å². The van der Waals surface area contributed by atoms with Gasteiger partial charge in [0.1, 0.15) is 23.9 Å². The Morgan fingerprint density at radius 3 is 2.38 bits per heavy atom. The second kappa shape index (κ2) is 12.3. The minimum atomic E-state index is -0.802. The number of carbonyl (C=O) groups excluding carboxylic acids is 2. The van der Waals surface area contributed by atoms with Crippen molar-refractivity contribution in [2.45, 2.75) is 32.5 Å². The predicted octanol–water partition coefficient (Wildman–Crippen LogP) is 6.07. The Hall–Kier alpha value is -4.91. The fourth-order valence-electron chi connectivity index (χ4n) is 4.67. The summed E-state index contributed by atoms with van der Waals surface area (Å²) in [6.45, 7) is 3.10. The van der Waals surface area contributed by atoms with Crippen molar-refractivity contribution in [2.75, 3.05) is 6.61 Å². The van der Waals surface area contributed by atoms with Crippen molar-refractivity contribution in [1.82, 2.24) is 9.88 Å². The zero-order chi connectivity index (χ0) is 27.9. The fraction of sp³-hybridized carbons (Fsp3) is 0.182. The number of ketones is 1. The largest absolute Gasteiger partial charge is 0.507 e. The molecule has 0 aliphatic carbocycles. The molecule has 7 heteroatoms. The maximum absolute atomic E-state index is 13.4. The van der Waals surface area contributed by atoms with Crippen LogP contribution in [0.25, 0.3) is 5.76 Å². The average molecular weight is 535 g/mol. The van der Waals surface area contributed by atoms with E-state index in [2.05, 4.69) is 4.98 Å². The summed E-state index contributed by atoms with van der Waals surface area (Å²) in [4.78, 5) is 32.4. The number of aliphatic hydroxyl groups is 1. The van der Waals surface area contributed by atoms with Crippen LogP contribution >= 0.6 is 0 Å². The third-order valence-electron chi connectivity index (χ3n) is 6.64. The maximum atomic E-state index is 13.4. The molecular formula is C33H30N2O5. The lowest BCUT2D eigenvalue weighted by molar-refractivity contribution is -0.140. The second-order valence-electron chi connectivity index (χ2n) is 9.51. The quantitative estimate of drug-likeness (QED) is 0.151. The lowest BCUT2D eigenvalue weighted by Crippen LogP contribution is -2.29. The highest BCUT2D eigenvalue weighted by Gasteiger charge is 2.46. The molecule has 3 aromatic carbocycles. The zero-order valence-electron chi connectivity index (χ0n) is 22.2. The lowest BCUT2D eigenvalue weighted by Gasteiger charge is -2.25. The summed E-state index contributed by atoms with van der Waals surface area (Å²) in [6, 6.07) is 26.8. The molecule has 1 aliphatic rings. The Kier molecular flexibility index (Phi) is 8.21. The first-order valence-electron chi connectivity index (χ1n) is 13.2. The van der Waals surface area contributed by atoms with E-state index in [0.717, 1.165) is 17.5 Å². The summed E-state index contributed by atoms with van der Waals surface area (Å²) in [7, 11) is 0. The van der Waals surface area contributed by atoms with E-state index in [1.165, 1.54) is 4.90 Å². The Balaban J connectivity index is 1.51. The molecule has 40 heavy (non-hydrogen) atoms. The highest BCUT2D eigenvalue weighted by Crippen LogP contribution is 2.41. The third kappa shape index (κ3) is 5.89. The summed E-state index contributed by atoms with van der Waals surface area (Å²) in [5.41, 5.74) is 2.92. The molecule has 0 bridgehead atoms. The third-order valence-corrected chi connectivity index (χ3v) is 6.64. The van der Waals surface area contributed by atoms with Crippen molar-refractivity contribution in [3.8, 4) is 11.5 Å². The zero-order valence-corrected chi connectivity index (χ0v) is 22.2. The van der Waals surface area contributed by atoms with Crippen LogP contribution in [0, 0.1) is 0 Å². The molecule has 1 fully saturated rings. The van der Waals surface area contributed by atoms with Crippen molar-refractivity contribution in [2.24, 2.45) is 0 Å². The molecule has 4 aromatic rings. The monoisotopic (exact) mass is 534 g/mol. The molecule has 0 radical (unpaired) electrons. The topological polar surface area (TPSA) is 89.0 Å². The summed E-state index contributed by atoms with van der Waals surface area (Å²) >= 11 is 0. The van der Waals surface area contributed by atoms with Gasteiger partial charge in [-0.3, -0.25) is 14.6 Å². The number of hydrogen-bond acceptors (Lipinski definition) is 6. The summed E-state index contributed by atoms with van der Waals surface area (Å²) in [6.07, 6.45) is 4.14. The minimum Gasteiger partial charge on any atom is -0.507 e. The smallest absolute Gasteiger partial charge is 0.295 e. The van der Waals surface area contributed by atoms with Crippen LogP contribution in [0.3, 0.4) is 0 Å². The van der Waals surface area contributed by atoms with E-state index in [0.29, 0.717) is 35.8 Å². The summed E-state index contributed by atoms with van der Waals surface area (Å²) in [5, 5.41) is 11.4. The van der Waals surface area contributed by atoms with Crippen LogP contribution in [0.1, 0.15) is 41.6 Å². The number of Topliss-reactive ketones (excluding diaryl/α,β-unsaturated/α-hetero) is 1. The van der Waals surface area contributed by atoms with Gasteiger partial charge in [-0.15, -0.1) is 0 Å². The number of ether oxygens (including phenoxy) is 2. The van der Waals surface area contributed by atoms with E-state index in [1.54, 1.807) is 42.7 Å². The van der Waals surface area contributed by atoms with E-state index in [-0.39, 0.29) is 17.9 Å². The molecule has 202 valence electrons. The SMILES string of the molecule is CCCOc1cccc(C(O)=C2C(=O)C(=O)N(Cc3cccnc3)C2c2ccc(OCc3ccccc3)cc2)c1. The molecule has 2 heterocycles. The first-order valence-corrected chi connectivity index (χ1v) is 13.2. The van der Waals surface area contributed by atoms with E-state index in [1.807, 2.05) is 67.6 Å². The molecule has 1 aromatic heterocycles. The highest BCUT2D eigenvalue weighted by atomic mass is 16.5. The van der Waals surface area contributed by atoms with E-state index in [4.69, 9.17) is 9.47 Å². The number of rotatable bonds is 10. The molecule has 1 aliphatic heterocycles. The molecule has 1 saturated heterocycles. The van der Waals surface area contributed by atoms with Crippen molar-refractivity contribution in [3.63, 3.8) is 0 Å². The normalized spacial score (nSPS) is 16.2. The predicted molar refractivity (Wildman–Crippen MR) is 152 cm³/mol. The minimum absolute atomic E-state index is 0.0273. The number of carbonyl (C=O) groups is 2. The number of benzene rings is 3. The molecule has 7 nitrogen and oxygen atoms in total. The van der Waals surface area contributed by atoms with Crippen molar-refractivity contribution in [1.29, 1.82) is 0 Å². The van der Waals surface area contributed by atoms with E-state index < -0.39 is 17.7 Å². The molecule has 1 atom stereocenters. The average Bonchev–Trinajstić information content (AvgIpc) is 3.25. The van der Waals surface area contributed by atoms with Crippen LogP contribution in [0.2, 0.25) is 0 Å². The Labute approximate surface area is 233 Å². The Morgan fingerprint density at radius 2 is 1.65 bits per heavy atom. The van der Waals surface area contributed by atoms with Gasteiger partial charge in [-0.05, 0) is 53.4 Å². The lowest BCUT2D eigenvalue weighted by atomic mass is 9.95. The van der Waals surface area contributed by atoms with Gasteiger partial charge in [-0.2, -0.15) is 0 Å². The van der Waals surface area contributed by atoms with Gasteiger partial charge >= 0.3 is 0 Å². The van der Waals surface area contributed by atoms with Gasteiger partial charge in [0.15, 0.2) is 0 Å². The molecule has 5 rings (SSSR count). The standard InChI is InChI=1S/C33H30N2O5/c1-2-18-39-28-12-6-11-26(19-28)31(36)29-30(35(33(38)32(29)37)21-24-10-7-17-34-20-24)25-13-15-27(16-14-25)40-22-23-8-4-3-5-9-23/h3-17,19-20,30,36H,2,18,21-22H2,1H3. The van der Waals surface area contributed by atoms with Gasteiger partial charge < -0.3 is 19.5 Å². The van der Waals surface area contributed by atoms with Gasteiger partial charge in [-0.1, -0.05) is 67.6 Å². The number of amides is 1. The van der Waals surface area contributed by atoms with E-state index >= 15 is 0 Å². The van der Waals surface area contributed by atoms with Crippen LogP contribution < -0.4 is 9.47 Å². The van der Waals surface area contributed by atoms with E-state index in [9.17, 15) is 14.7 Å². The molecular weight excluding hydrogens is 504 g/mol. The van der Waals surface area contributed by atoms with Crippen LogP contribution in [-0.4, -0.2) is 33.3 Å². The molecule has 1 unspecified atom stereocenters. The van der Waals surface area contributed by atoms with Gasteiger partial charge in [0, 0.05) is 24.5 Å². The van der Waals surface area contributed by atoms with Gasteiger partial charge in [0.25, 0.3) is 11.7 Å². The van der Waals surface area contributed by atoms with Gasteiger partial charge in [0.2, 0.25) is 0 Å². The molecule has 0 saturated carbocycles. The molecule has 1 amide bonds. The molecule has 1 N–H and O–H groups in total. The number of aromatic nitrogens is 1. The summed E-state index contributed by atoms with van der Waals surface area (Å²) in [5.74, 6) is -0.443. The number of nitrogens with zero attached hydrogens (tertiary/aromatic N) is 2.